The smallest absolute Gasteiger partial charge is 0.238 e. The Morgan fingerprint density at radius 1 is 0.115 bits per heavy atom. The monoisotopic (exact) mass is 1670 g/mol. The van der Waals surface area contributed by atoms with E-state index in [1.165, 1.54) is 110 Å². The quantitative estimate of drug-likeness (QED) is 0.114. The van der Waals surface area contributed by atoms with Crippen LogP contribution in [0, 0.1) is 0 Å². The molecular weight excluding hydrogens is 1600 g/mol. The number of benzene rings is 19. The van der Waals surface area contributed by atoms with Gasteiger partial charge in [0.2, 0.25) is 5.95 Å². The van der Waals surface area contributed by atoms with Crippen LogP contribution < -0.4 is 0 Å². The molecule has 131 heavy (non-hydrogen) atoms. The highest BCUT2D eigenvalue weighted by Gasteiger charge is 2.23. The minimum atomic E-state index is 0.588. The number of aromatic nitrogens is 11. The number of hydrogen-bond acceptors (Lipinski definition) is 6. The summed E-state index contributed by atoms with van der Waals surface area (Å²) in [5.74, 6) is 3.81. The van der Waals surface area contributed by atoms with Crippen molar-refractivity contribution in [1.82, 2.24) is 52.7 Å². The third-order valence-electron chi connectivity index (χ3n) is 25.1. The van der Waals surface area contributed by atoms with Crippen LogP contribution >= 0.6 is 0 Å². The zero-order valence-corrected chi connectivity index (χ0v) is 71.0. The van der Waals surface area contributed by atoms with Crippen molar-refractivity contribution in [2.75, 3.05) is 0 Å². The summed E-state index contributed by atoms with van der Waals surface area (Å²) in [4.78, 5) is 29.9. The van der Waals surface area contributed by atoms with E-state index in [-0.39, 0.29) is 0 Å². The first-order chi connectivity index (χ1) is 65.0. The predicted molar refractivity (Wildman–Crippen MR) is 541 cm³/mol. The van der Waals surface area contributed by atoms with Crippen LogP contribution in [0.1, 0.15) is 0 Å². The van der Waals surface area contributed by atoms with Gasteiger partial charge >= 0.3 is 0 Å². The second kappa shape index (κ2) is 32.9. The molecule has 0 N–H and O–H groups in total. The third kappa shape index (κ3) is 14.0. The molecule has 26 aromatic rings. The largest absolute Gasteiger partial charge is 0.309 e. The molecule has 0 aliphatic carbocycles. The lowest BCUT2D eigenvalue weighted by molar-refractivity contribution is 0.953. The van der Waals surface area contributed by atoms with Crippen molar-refractivity contribution in [1.29, 1.82) is 0 Å². The van der Waals surface area contributed by atoms with E-state index in [0.29, 0.717) is 35.1 Å². The Morgan fingerprint density at radius 2 is 0.313 bits per heavy atom. The Bertz CT molecular complexity index is 8620. The van der Waals surface area contributed by atoms with Gasteiger partial charge in [0, 0.05) is 104 Å². The van der Waals surface area contributed by atoms with Gasteiger partial charge in [-0.25, -0.2) is 19.9 Å². The van der Waals surface area contributed by atoms with Gasteiger partial charge in [-0.05, 0) is 161 Å². The fraction of sp³-hybridized carbons (Fsp3) is 0. The maximum atomic E-state index is 5.08. The number of rotatable bonds is 13. The van der Waals surface area contributed by atoms with Gasteiger partial charge in [0.05, 0.1) is 55.2 Å². The van der Waals surface area contributed by atoms with Crippen molar-refractivity contribution in [3.63, 3.8) is 0 Å². The molecule has 0 aliphatic rings. The summed E-state index contributed by atoms with van der Waals surface area (Å²) in [6, 6.07) is 169. The van der Waals surface area contributed by atoms with Crippen molar-refractivity contribution in [3.05, 3.63) is 479 Å². The van der Waals surface area contributed by atoms with Crippen LogP contribution in [0.2, 0.25) is 0 Å². The van der Waals surface area contributed by atoms with Crippen LogP contribution in [0.25, 0.3) is 228 Å². The summed E-state index contributed by atoms with van der Waals surface area (Å²) < 4.78 is 11.6. The zero-order chi connectivity index (χ0) is 86.7. The van der Waals surface area contributed by atoms with Gasteiger partial charge in [0.1, 0.15) is 0 Å². The average molecular weight is 1680 g/mol. The molecule has 7 heterocycles. The Morgan fingerprint density at radius 3 is 0.641 bits per heavy atom. The normalized spacial score (nSPS) is 11.5. The first kappa shape index (κ1) is 76.8. The fourth-order valence-electron chi connectivity index (χ4n) is 19.1. The zero-order valence-electron chi connectivity index (χ0n) is 71.0. The van der Waals surface area contributed by atoms with Gasteiger partial charge in [-0.15, -0.1) is 0 Å². The first-order valence-corrected chi connectivity index (χ1v) is 44.2. The van der Waals surface area contributed by atoms with Gasteiger partial charge in [0.15, 0.2) is 29.1 Å². The minimum absolute atomic E-state index is 0.588. The molecule has 0 bridgehead atoms. The van der Waals surface area contributed by atoms with Crippen molar-refractivity contribution in [2.24, 2.45) is 0 Å². The Kier molecular flexibility index (Phi) is 19.3. The minimum Gasteiger partial charge on any atom is -0.309 e. The summed E-state index contributed by atoms with van der Waals surface area (Å²) in [7, 11) is 0. The first-order valence-electron chi connectivity index (χ1n) is 44.2. The Labute approximate surface area is 755 Å². The van der Waals surface area contributed by atoms with E-state index >= 15 is 0 Å². The maximum absolute atomic E-state index is 5.08. The lowest BCUT2D eigenvalue weighted by Crippen LogP contribution is -2.06. The summed E-state index contributed by atoms with van der Waals surface area (Å²) >= 11 is 0. The molecular formula is C120H79N11. The predicted octanol–water partition coefficient (Wildman–Crippen LogP) is 30.3. The number of fused-ring (bicyclic) bond motifs is 15. The Hall–Kier alpha value is -17.8. The van der Waals surface area contributed by atoms with E-state index in [2.05, 4.69) is 381 Å². The SMILES string of the molecule is c1ccc(-c2ccc3c(c2)c2ccccc2n3-c2cccc(-c3nc(-c4ccccc4)nc(-c4ccccc4)n3)c2)cc1.c1ccc(-c2nc(-c3ccccc3)nc(-n3c4ccccc4c4cc(-c5cccc(-n6c7ccccc7c7ccccc76)c5)ccc43)n2)cc1.c1ccc(-n2c3ccccc3c3cc(-c4cccc(-n5c6ccccc6c6ccccc65)c4)ccc32)cc1. The number of nitrogens with zero attached hydrogens (tertiary/aromatic N) is 11. The van der Waals surface area contributed by atoms with Crippen LogP contribution in [0.4, 0.5) is 0 Å². The molecule has 11 nitrogen and oxygen atoms in total. The van der Waals surface area contributed by atoms with Crippen LogP contribution in [-0.4, -0.2) is 52.7 Å². The maximum Gasteiger partial charge on any atom is 0.238 e. The van der Waals surface area contributed by atoms with Gasteiger partial charge in [-0.2, -0.15) is 9.97 Å². The van der Waals surface area contributed by atoms with Gasteiger partial charge in [-0.1, -0.05) is 352 Å². The molecule has 0 amide bonds. The molecule has 0 aliphatic heterocycles. The van der Waals surface area contributed by atoms with Crippen LogP contribution in [0.15, 0.2) is 479 Å². The van der Waals surface area contributed by atoms with Gasteiger partial charge in [0.25, 0.3) is 0 Å². The van der Waals surface area contributed by atoms with E-state index in [0.717, 1.165) is 83.2 Å². The number of hydrogen-bond donors (Lipinski definition) is 0. The van der Waals surface area contributed by atoms with Crippen LogP contribution in [-0.2, 0) is 0 Å². The van der Waals surface area contributed by atoms with Gasteiger partial charge in [-0.3, -0.25) is 4.57 Å². The highest BCUT2D eigenvalue weighted by Crippen LogP contribution is 2.43. The summed E-state index contributed by atoms with van der Waals surface area (Å²) in [5.41, 5.74) is 28.1. The van der Waals surface area contributed by atoms with Crippen molar-refractivity contribution in [3.8, 4) is 119 Å². The molecule has 7 aromatic heterocycles. The van der Waals surface area contributed by atoms with E-state index in [9.17, 15) is 0 Å². The molecule has 614 valence electrons. The van der Waals surface area contributed by atoms with Crippen molar-refractivity contribution >= 4 is 109 Å². The van der Waals surface area contributed by atoms with E-state index in [1.54, 1.807) is 0 Å². The standard InChI is InChI=1S/C45H29N5.C39H26N4.C36H24N2/c1-3-14-30(15-4-1)43-46-44(31-16-5-2-6-17-31)48-45(47-43)50-41-25-12-9-22-37(41)38-29-33(26-27-42(38)50)32-18-13-19-34(28-32)49-39-23-10-7-20-35(39)36-21-8-11-24-40(36)49;1-4-13-27(14-5-1)30-23-24-36-34(26-30)33-21-10-11-22-35(33)43(36)32-20-12-19-31(25-32)39-41-37(28-15-6-2-7-16-28)40-38(42-39)29-17-8-3-9-18-29;1-2-12-27(13-3-1)37-35-20-9-6-17-31(35)32-24-26(21-22-36(32)37)25-11-10-14-28(23-25)38-33-18-7-4-15-29(33)30-16-5-8-19-34(30)38/h1-29H;1-26H;1-24H. The van der Waals surface area contributed by atoms with Crippen molar-refractivity contribution < 1.29 is 0 Å². The van der Waals surface area contributed by atoms with Crippen LogP contribution in [0.5, 0.6) is 0 Å². The van der Waals surface area contributed by atoms with Crippen LogP contribution in [0.3, 0.4) is 0 Å². The third-order valence-corrected chi connectivity index (χ3v) is 25.1. The average Bonchev–Trinajstić information content (AvgIpc) is 1.58. The molecule has 0 radical (unpaired) electrons. The number of para-hydroxylation sites is 8. The molecule has 0 atom stereocenters. The molecule has 0 saturated heterocycles. The second-order valence-electron chi connectivity index (χ2n) is 32.9. The van der Waals surface area contributed by atoms with Crippen molar-refractivity contribution in [2.45, 2.75) is 0 Å². The topological polar surface area (TPSA) is 102 Å². The second-order valence-corrected chi connectivity index (χ2v) is 32.9. The van der Waals surface area contributed by atoms with E-state index in [1.807, 2.05) is 121 Å². The summed E-state index contributed by atoms with van der Waals surface area (Å²) in [5, 5.41) is 12.3. The molecule has 26 rings (SSSR count). The molecule has 19 aromatic carbocycles. The molecule has 0 fully saturated rings. The highest BCUT2D eigenvalue weighted by molar-refractivity contribution is 6.15. The molecule has 11 heteroatoms. The lowest BCUT2D eigenvalue weighted by Gasteiger charge is -2.12. The Balaban J connectivity index is 0.000000110. The summed E-state index contributed by atoms with van der Waals surface area (Å²) in [6.45, 7) is 0. The molecule has 0 spiro atoms. The van der Waals surface area contributed by atoms with E-state index in [4.69, 9.17) is 29.9 Å². The summed E-state index contributed by atoms with van der Waals surface area (Å²) in [6.07, 6.45) is 0. The lowest BCUT2D eigenvalue weighted by atomic mass is 10.0. The fourth-order valence-corrected chi connectivity index (χ4v) is 19.1. The molecule has 0 saturated carbocycles. The van der Waals surface area contributed by atoms with E-state index < -0.39 is 0 Å². The highest BCUT2D eigenvalue weighted by atomic mass is 15.2. The van der Waals surface area contributed by atoms with Gasteiger partial charge < -0.3 is 18.3 Å². The molecule has 0 unspecified atom stereocenters.